The van der Waals surface area contributed by atoms with Crippen LogP contribution in [0.1, 0.15) is 25.3 Å². The van der Waals surface area contributed by atoms with E-state index < -0.39 is 0 Å². The Morgan fingerprint density at radius 3 is 1.64 bits per heavy atom. The van der Waals surface area contributed by atoms with Gasteiger partial charge in [-0.1, -0.05) is 123 Å². The average molecular weight is 544 g/mol. The number of hydrogen-bond donors (Lipinski definition) is 0. The van der Waals surface area contributed by atoms with Crippen LogP contribution in [0.25, 0.3) is 62.3 Å². The number of hydrogen-bond acceptors (Lipinski definition) is 4. The smallest absolute Gasteiger partial charge is 0.164 e. The minimum atomic E-state index is 0.469. The van der Waals surface area contributed by atoms with Crippen LogP contribution in [0.15, 0.2) is 133 Å². The lowest BCUT2D eigenvalue weighted by Gasteiger charge is -2.13. The molecule has 0 aliphatic rings. The van der Waals surface area contributed by atoms with Gasteiger partial charge < -0.3 is 0 Å². The molecule has 7 rings (SSSR count). The summed E-state index contributed by atoms with van der Waals surface area (Å²) in [6.07, 6.45) is 0. The molecule has 42 heavy (non-hydrogen) atoms. The largest absolute Gasteiger partial charge is 0.292 e. The summed E-state index contributed by atoms with van der Waals surface area (Å²) in [6, 6.07) is 45.5. The molecule has 0 saturated carbocycles. The fourth-order valence-corrected chi connectivity index (χ4v) is 5.22. The van der Waals surface area contributed by atoms with E-state index in [1.807, 2.05) is 66.7 Å². The monoisotopic (exact) mass is 543 g/mol. The fourth-order valence-electron chi connectivity index (χ4n) is 5.22. The predicted octanol–water partition coefficient (Wildman–Crippen LogP) is 9.00. The molecule has 5 heteroatoms. The molecule has 0 atom stereocenters. The van der Waals surface area contributed by atoms with Crippen LogP contribution in [-0.4, -0.2) is 24.5 Å². The van der Waals surface area contributed by atoms with Crippen LogP contribution in [0.2, 0.25) is 0 Å². The van der Waals surface area contributed by atoms with Crippen LogP contribution >= 0.6 is 0 Å². The highest BCUT2D eigenvalue weighted by atomic mass is 15.1. The van der Waals surface area contributed by atoms with Crippen molar-refractivity contribution in [2.75, 3.05) is 0 Å². The normalized spacial score (nSPS) is 11.3. The summed E-state index contributed by atoms with van der Waals surface area (Å²) in [4.78, 5) is 19.8. The standard InChI is InChI=1S/C37H29N5/c1-25(2)26-20-22-29(23-21-26)37-38-32-18-9-10-19-33(32)42(37)31-17-11-16-30(24-31)36-40-34(27-12-5-3-6-13-27)39-35(41-36)28-14-7-4-8-15-28/h3-25H,1-2H3. The maximum atomic E-state index is 5.07. The van der Waals surface area contributed by atoms with Gasteiger partial charge in [0.05, 0.1) is 11.0 Å². The quantitative estimate of drug-likeness (QED) is 0.210. The molecule has 2 aromatic heterocycles. The molecular formula is C37H29N5. The van der Waals surface area contributed by atoms with E-state index >= 15 is 0 Å². The van der Waals surface area contributed by atoms with E-state index in [0.717, 1.165) is 44.8 Å². The Bertz CT molecular complexity index is 1940. The number of imidazole rings is 1. The van der Waals surface area contributed by atoms with E-state index in [4.69, 9.17) is 19.9 Å². The van der Waals surface area contributed by atoms with Crippen molar-refractivity contribution in [1.82, 2.24) is 24.5 Å². The van der Waals surface area contributed by atoms with Crippen LogP contribution in [0.5, 0.6) is 0 Å². The Balaban J connectivity index is 1.39. The maximum Gasteiger partial charge on any atom is 0.164 e. The fraction of sp³-hybridized carbons (Fsp3) is 0.0811. The summed E-state index contributed by atoms with van der Waals surface area (Å²) in [5.74, 6) is 3.27. The molecule has 0 spiro atoms. The van der Waals surface area contributed by atoms with E-state index in [9.17, 15) is 0 Å². The average Bonchev–Trinajstić information content (AvgIpc) is 3.45. The van der Waals surface area contributed by atoms with Gasteiger partial charge >= 0.3 is 0 Å². The Hall–Kier alpha value is -5.42. The van der Waals surface area contributed by atoms with Crippen LogP contribution in [0, 0.1) is 0 Å². The SMILES string of the molecule is CC(C)c1ccc(-c2nc3ccccc3n2-c2cccc(-c3nc(-c4ccccc4)nc(-c4ccccc4)n3)c2)cc1. The number of benzene rings is 5. The van der Waals surface area contributed by atoms with Gasteiger partial charge in [0.2, 0.25) is 0 Å². The molecule has 0 aliphatic heterocycles. The molecule has 0 radical (unpaired) electrons. The Labute approximate surface area is 245 Å². The van der Waals surface area contributed by atoms with Crippen LogP contribution in [0.3, 0.4) is 0 Å². The first-order chi connectivity index (χ1) is 20.6. The number of para-hydroxylation sites is 2. The van der Waals surface area contributed by atoms with Crippen LogP contribution in [-0.2, 0) is 0 Å². The van der Waals surface area contributed by atoms with Crippen molar-refractivity contribution in [3.05, 3.63) is 139 Å². The third-order valence-corrected chi connectivity index (χ3v) is 7.46. The topological polar surface area (TPSA) is 56.5 Å². The second-order valence-corrected chi connectivity index (χ2v) is 10.6. The summed E-state index contributed by atoms with van der Waals surface area (Å²) in [7, 11) is 0. The van der Waals surface area contributed by atoms with Crippen molar-refractivity contribution < 1.29 is 0 Å². The zero-order valence-corrected chi connectivity index (χ0v) is 23.5. The van der Waals surface area contributed by atoms with E-state index in [0.29, 0.717) is 23.4 Å². The maximum absolute atomic E-state index is 5.07. The first-order valence-electron chi connectivity index (χ1n) is 14.2. The Morgan fingerprint density at radius 1 is 0.476 bits per heavy atom. The second kappa shape index (κ2) is 10.9. The molecule has 0 fully saturated rings. The molecule has 7 aromatic rings. The molecule has 0 aliphatic carbocycles. The van der Waals surface area contributed by atoms with Gasteiger partial charge in [-0.05, 0) is 35.7 Å². The molecule has 0 saturated heterocycles. The Morgan fingerprint density at radius 2 is 1.02 bits per heavy atom. The number of fused-ring (bicyclic) bond motifs is 1. The van der Waals surface area contributed by atoms with E-state index in [2.05, 4.69) is 85.1 Å². The number of aromatic nitrogens is 5. The summed E-state index contributed by atoms with van der Waals surface area (Å²) >= 11 is 0. The van der Waals surface area contributed by atoms with Gasteiger partial charge in [-0.3, -0.25) is 4.57 Å². The van der Waals surface area contributed by atoms with Gasteiger partial charge in [0.15, 0.2) is 17.5 Å². The lowest BCUT2D eigenvalue weighted by atomic mass is 10.0. The van der Waals surface area contributed by atoms with Gasteiger partial charge in [0, 0.05) is 27.9 Å². The first-order valence-corrected chi connectivity index (χ1v) is 14.2. The van der Waals surface area contributed by atoms with Crippen molar-refractivity contribution in [3.63, 3.8) is 0 Å². The second-order valence-electron chi connectivity index (χ2n) is 10.6. The van der Waals surface area contributed by atoms with Crippen LogP contribution < -0.4 is 0 Å². The summed E-state index contributed by atoms with van der Waals surface area (Å²) in [5.41, 5.74) is 8.16. The molecular weight excluding hydrogens is 514 g/mol. The van der Waals surface area contributed by atoms with Gasteiger partial charge in [0.1, 0.15) is 5.82 Å². The van der Waals surface area contributed by atoms with Gasteiger partial charge in [-0.15, -0.1) is 0 Å². The lowest BCUT2D eigenvalue weighted by molar-refractivity contribution is 0.867. The lowest BCUT2D eigenvalue weighted by Crippen LogP contribution is -2.02. The molecule has 0 unspecified atom stereocenters. The highest BCUT2D eigenvalue weighted by Gasteiger charge is 2.17. The van der Waals surface area contributed by atoms with Gasteiger partial charge in [0.25, 0.3) is 0 Å². The summed E-state index contributed by atoms with van der Waals surface area (Å²) in [6.45, 7) is 4.42. The van der Waals surface area contributed by atoms with Crippen molar-refractivity contribution in [2.24, 2.45) is 0 Å². The molecule has 0 bridgehead atoms. The summed E-state index contributed by atoms with van der Waals surface area (Å²) in [5, 5.41) is 0. The highest BCUT2D eigenvalue weighted by molar-refractivity contribution is 5.83. The van der Waals surface area contributed by atoms with E-state index in [-0.39, 0.29) is 0 Å². The van der Waals surface area contributed by atoms with Crippen molar-refractivity contribution in [2.45, 2.75) is 19.8 Å². The number of nitrogens with zero attached hydrogens (tertiary/aromatic N) is 5. The van der Waals surface area contributed by atoms with Gasteiger partial charge in [-0.2, -0.15) is 0 Å². The zero-order chi connectivity index (χ0) is 28.5. The highest BCUT2D eigenvalue weighted by Crippen LogP contribution is 2.32. The minimum absolute atomic E-state index is 0.469. The van der Waals surface area contributed by atoms with Crippen molar-refractivity contribution in [3.8, 4) is 51.2 Å². The van der Waals surface area contributed by atoms with Crippen molar-refractivity contribution >= 4 is 11.0 Å². The molecule has 2 heterocycles. The van der Waals surface area contributed by atoms with Crippen molar-refractivity contribution in [1.29, 1.82) is 0 Å². The predicted molar refractivity (Wildman–Crippen MR) is 170 cm³/mol. The minimum Gasteiger partial charge on any atom is -0.292 e. The molecule has 5 aromatic carbocycles. The Kier molecular flexibility index (Phi) is 6.61. The first kappa shape index (κ1) is 25.5. The third-order valence-electron chi connectivity index (χ3n) is 7.46. The zero-order valence-electron chi connectivity index (χ0n) is 23.5. The third kappa shape index (κ3) is 4.86. The molecule has 202 valence electrons. The molecule has 0 N–H and O–H groups in total. The van der Waals surface area contributed by atoms with E-state index in [1.165, 1.54) is 5.56 Å². The van der Waals surface area contributed by atoms with Gasteiger partial charge in [-0.25, -0.2) is 19.9 Å². The van der Waals surface area contributed by atoms with Crippen LogP contribution in [0.4, 0.5) is 0 Å². The van der Waals surface area contributed by atoms with E-state index in [1.54, 1.807) is 0 Å². The summed E-state index contributed by atoms with van der Waals surface area (Å²) < 4.78 is 2.22. The molecule has 5 nitrogen and oxygen atoms in total. The number of rotatable bonds is 6. The molecule has 0 amide bonds.